The maximum absolute atomic E-state index is 16.1. The first-order valence-electron chi connectivity index (χ1n) is 10.9. The lowest BCUT2D eigenvalue weighted by atomic mass is 9.82. The number of nitrogens with one attached hydrogen (secondary N) is 1. The van der Waals surface area contributed by atoms with Gasteiger partial charge in [-0.25, -0.2) is 9.18 Å². The largest absolute Gasteiger partial charge is 0.444 e. The first-order chi connectivity index (χ1) is 15.0. The molecular weight excluding hydrogens is 417 g/mol. The van der Waals surface area contributed by atoms with Crippen LogP contribution < -0.4 is 5.32 Å². The maximum atomic E-state index is 16.1. The van der Waals surface area contributed by atoms with Crippen LogP contribution in [0.2, 0.25) is 0 Å². The Hall–Kier alpha value is -2.97. The third-order valence-electron chi connectivity index (χ3n) is 6.27. The molecule has 0 saturated carbocycles. The summed E-state index contributed by atoms with van der Waals surface area (Å²) in [5, 5.41) is 2.28. The SMILES string of the molecule is CC(C)(C)OC(=O)N1CCC(F)(c2cccc3c2CN(C2CCC(=O)NC2=O)C3=O)CC1. The highest BCUT2D eigenvalue weighted by Gasteiger charge is 2.45. The predicted octanol–water partition coefficient (Wildman–Crippen LogP) is 2.64. The third kappa shape index (κ3) is 4.08. The molecule has 4 rings (SSSR count). The number of carbonyl (C=O) groups is 4. The molecule has 1 N–H and O–H groups in total. The second-order valence-corrected chi connectivity index (χ2v) is 9.66. The van der Waals surface area contributed by atoms with E-state index in [0.29, 0.717) is 16.7 Å². The summed E-state index contributed by atoms with van der Waals surface area (Å²) in [6.07, 6.45) is 0.143. The van der Waals surface area contributed by atoms with Gasteiger partial charge in [-0.1, -0.05) is 12.1 Å². The Labute approximate surface area is 186 Å². The average molecular weight is 445 g/mol. The number of fused-ring (bicyclic) bond motifs is 1. The lowest BCUT2D eigenvalue weighted by molar-refractivity contribution is -0.136. The van der Waals surface area contributed by atoms with E-state index in [-0.39, 0.29) is 57.1 Å². The van der Waals surface area contributed by atoms with Crippen molar-refractivity contribution in [2.45, 2.75) is 70.3 Å². The van der Waals surface area contributed by atoms with Crippen LogP contribution in [-0.2, 0) is 26.5 Å². The summed E-state index contributed by atoms with van der Waals surface area (Å²) in [4.78, 5) is 52.0. The normalized spacial score (nSPS) is 23.1. The molecule has 4 amide bonds. The van der Waals surface area contributed by atoms with E-state index in [1.165, 1.54) is 9.80 Å². The number of benzene rings is 1. The smallest absolute Gasteiger partial charge is 0.410 e. The van der Waals surface area contributed by atoms with Gasteiger partial charge in [0.15, 0.2) is 0 Å². The summed E-state index contributed by atoms with van der Waals surface area (Å²) in [5.41, 5.74) is -0.914. The number of rotatable bonds is 2. The van der Waals surface area contributed by atoms with Gasteiger partial charge < -0.3 is 14.5 Å². The highest BCUT2D eigenvalue weighted by Crippen LogP contribution is 2.42. The molecule has 1 aromatic rings. The number of hydrogen-bond donors (Lipinski definition) is 1. The zero-order valence-electron chi connectivity index (χ0n) is 18.6. The van der Waals surface area contributed by atoms with Gasteiger partial charge in [0, 0.05) is 44.5 Å². The number of hydrogen-bond acceptors (Lipinski definition) is 5. The van der Waals surface area contributed by atoms with Crippen LogP contribution in [-0.4, -0.2) is 58.3 Å². The first kappa shape index (κ1) is 22.2. The van der Waals surface area contributed by atoms with E-state index >= 15 is 4.39 Å². The summed E-state index contributed by atoms with van der Waals surface area (Å²) in [7, 11) is 0. The van der Waals surface area contributed by atoms with E-state index in [0.717, 1.165) is 0 Å². The molecule has 1 atom stereocenters. The Kier molecular flexibility index (Phi) is 5.46. The van der Waals surface area contributed by atoms with Gasteiger partial charge in [-0.3, -0.25) is 19.7 Å². The molecule has 3 heterocycles. The molecular formula is C23H28FN3O5. The quantitative estimate of drug-likeness (QED) is 0.706. The fourth-order valence-corrected chi connectivity index (χ4v) is 4.64. The molecule has 3 aliphatic rings. The van der Waals surface area contributed by atoms with Crippen LogP contribution in [0.3, 0.4) is 0 Å². The van der Waals surface area contributed by atoms with Gasteiger partial charge in [0.25, 0.3) is 5.91 Å². The van der Waals surface area contributed by atoms with Crippen LogP contribution in [0.15, 0.2) is 18.2 Å². The molecule has 8 nitrogen and oxygen atoms in total. The first-order valence-corrected chi connectivity index (χ1v) is 10.9. The van der Waals surface area contributed by atoms with Crippen LogP contribution in [0.5, 0.6) is 0 Å². The topological polar surface area (TPSA) is 96.0 Å². The third-order valence-corrected chi connectivity index (χ3v) is 6.27. The molecule has 0 aromatic heterocycles. The Balaban J connectivity index is 1.52. The van der Waals surface area contributed by atoms with E-state index in [1.54, 1.807) is 39.0 Å². The average Bonchev–Trinajstić information content (AvgIpc) is 3.04. The monoisotopic (exact) mass is 445 g/mol. The molecule has 9 heteroatoms. The number of piperidine rings is 2. The van der Waals surface area contributed by atoms with E-state index in [1.807, 2.05) is 0 Å². The molecule has 32 heavy (non-hydrogen) atoms. The van der Waals surface area contributed by atoms with Crippen molar-refractivity contribution in [1.29, 1.82) is 0 Å². The zero-order chi connectivity index (χ0) is 23.3. The number of ether oxygens (including phenoxy) is 1. The lowest BCUT2D eigenvalue weighted by Gasteiger charge is -2.38. The highest BCUT2D eigenvalue weighted by atomic mass is 19.1. The molecule has 0 bridgehead atoms. The molecule has 0 spiro atoms. The molecule has 2 saturated heterocycles. The fraction of sp³-hybridized carbons (Fsp3) is 0.565. The standard InChI is InChI=1S/C23H28FN3O5/c1-22(2,3)32-21(31)26-11-9-23(24,10-12-26)16-6-4-5-14-15(16)13-27(20(14)30)17-7-8-18(28)25-19(17)29/h4-6,17H,7-13H2,1-3H3,(H,25,28,29). The van der Waals surface area contributed by atoms with Crippen molar-refractivity contribution in [2.24, 2.45) is 0 Å². The summed E-state index contributed by atoms with van der Waals surface area (Å²) in [5.74, 6) is -1.17. The minimum Gasteiger partial charge on any atom is -0.444 e. The minimum atomic E-state index is -1.69. The molecule has 3 aliphatic heterocycles. The van der Waals surface area contributed by atoms with Crippen molar-refractivity contribution in [3.8, 4) is 0 Å². The summed E-state index contributed by atoms with van der Waals surface area (Å²) < 4.78 is 21.5. The molecule has 2 fully saturated rings. The van der Waals surface area contributed by atoms with Crippen LogP contribution >= 0.6 is 0 Å². The van der Waals surface area contributed by atoms with Crippen molar-refractivity contribution in [2.75, 3.05) is 13.1 Å². The zero-order valence-corrected chi connectivity index (χ0v) is 18.6. The van der Waals surface area contributed by atoms with Crippen LogP contribution in [0, 0.1) is 0 Å². The number of imide groups is 1. The second-order valence-electron chi connectivity index (χ2n) is 9.66. The Bertz CT molecular complexity index is 978. The Morgan fingerprint density at radius 1 is 1.19 bits per heavy atom. The van der Waals surface area contributed by atoms with Crippen molar-refractivity contribution in [3.05, 3.63) is 34.9 Å². The van der Waals surface area contributed by atoms with E-state index in [9.17, 15) is 19.2 Å². The molecule has 1 aromatic carbocycles. The Morgan fingerprint density at radius 2 is 1.88 bits per heavy atom. The number of nitrogens with zero attached hydrogens (tertiary/aromatic N) is 2. The summed E-state index contributed by atoms with van der Waals surface area (Å²) in [6.45, 7) is 5.89. The van der Waals surface area contributed by atoms with Gasteiger partial charge in [-0.15, -0.1) is 0 Å². The van der Waals surface area contributed by atoms with E-state index in [4.69, 9.17) is 4.74 Å². The second kappa shape index (κ2) is 7.86. The molecule has 0 radical (unpaired) electrons. The van der Waals surface area contributed by atoms with Crippen molar-refractivity contribution in [1.82, 2.24) is 15.1 Å². The van der Waals surface area contributed by atoms with Crippen LogP contribution in [0.25, 0.3) is 0 Å². The maximum Gasteiger partial charge on any atom is 0.410 e. The minimum absolute atomic E-state index is 0.0926. The van der Waals surface area contributed by atoms with Crippen molar-refractivity contribution in [3.63, 3.8) is 0 Å². The number of alkyl halides is 1. The van der Waals surface area contributed by atoms with Gasteiger partial charge in [0.1, 0.15) is 17.3 Å². The van der Waals surface area contributed by atoms with E-state index < -0.39 is 29.3 Å². The summed E-state index contributed by atoms with van der Waals surface area (Å²) in [6, 6.07) is 4.24. The van der Waals surface area contributed by atoms with Crippen LogP contribution in [0.1, 0.15) is 67.9 Å². The highest BCUT2D eigenvalue weighted by molar-refractivity contribution is 6.05. The molecule has 172 valence electrons. The number of amides is 4. The van der Waals surface area contributed by atoms with E-state index in [2.05, 4.69) is 5.32 Å². The fourth-order valence-electron chi connectivity index (χ4n) is 4.64. The van der Waals surface area contributed by atoms with Gasteiger partial charge in [0.05, 0.1) is 0 Å². The van der Waals surface area contributed by atoms with Gasteiger partial charge >= 0.3 is 6.09 Å². The van der Waals surface area contributed by atoms with Crippen LogP contribution in [0.4, 0.5) is 9.18 Å². The Morgan fingerprint density at radius 3 is 2.50 bits per heavy atom. The van der Waals surface area contributed by atoms with Crippen molar-refractivity contribution >= 4 is 23.8 Å². The molecule has 1 unspecified atom stereocenters. The molecule has 0 aliphatic carbocycles. The number of likely N-dealkylation sites (tertiary alicyclic amines) is 1. The van der Waals surface area contributed by atoms with Crippen molar-refractivity contribution < 1.29 is 28.3 Å². The predicted molar refractivity (Wildman–Crippen MR) is 112 cm³/mol. The lowest BCUT2D eigenvalue weighted by Crippen LogP contribution is -2.52. The number of carbonyl (C=O) groups excluding carboxylic acids is 4. The summed E-state index contributed by atoms with van der Waals surface area (Å²) >= 11 is 0. The number of halogens is 1. The van der Waals surface area contributed by atoms with Gasteiger partial charge in [-0.05, 0) is 44.4 Å². The van der Waals surface area contributed by atoms with Gasteiger partial charge in [0.2, 0.25) is 11.8 Å². The van der Waals surface area contributed by atoms with Gasteiger partial charge in [-0.2, -0.15) is 0 Å².